The zero-order valence-corrected chi connectivity index (χ0v) is 16.6. The first kappa shape index (κ1) is 18.9. The molecule has 0 unspecified atom stereocenters. The van der Waals surface area contributed by atoms with Gasteiger partial charge in [-0.15, -0.1) is 0 Å². The first-order valence-corrected chi connectivity index (χ1v) is 10.4. The third-order valence-electron chi connectivity index (χ3n) is 5.62. The summed E-state index contributed by atoms with van der Waals surface area (Å²) in [5.41, 5.74) is 1.91. The number of anilines is 2. The van der Waals surface area contributed by atoms with E-state index in [1.165, 1.54) is 24.6 Å². The highest BCUT2D eigenvalue weighted by molar-refractivity contribution is 5.52. The molecule has 2 saturated heterocycles. The Kier molecular flexibility index (Phi) is 5.89. The Hall–Kier alpha value is -2.43. The van der Waals surface area contributed by atoms with E-state index >= 15 is 0 Å². The largest absolute Gasteiger partial charge is 0.494 e. The number of hydrogen-bond donors (Lipinski definition) is 0. The Morgan fingerprint density at radius 2 is 1.57 bits per heavy atom. The van der Waals surface area contributed by atoms with Crippen LogP contribution in [0.3, 0.4) is 0 Å². The lowest BCUT2D eigenvalue weighted by atomic mass is 10.1. The van der Waals surface area contributed by atoms with E-state index < -0.39 is 0 Å². The molecule has 2 fully saturated rings. The molecule has 4 nitrogen and oxygen atoms in total. The van der Waals surface area contributed by atoms with Gasteiger partial charge in [0, 0.05) is 50.8 Å². The van der Waals surface area contributed by atoms with Crippen molar-refractivity contribution in [2.75, 3.05) is 42.6 Å². The second-order valence-corrected chi connectivity index (χ2v) is 7.54. The number of hydrogen-bond acceptors (Lipinski definition) is 4. The molecular weight excluding hydrogens is 355 g/mol. The lowest BCUT2D eigenvalue weighted by molar-refractivity contribution is 0.170. The van der Waals surface area contributed by atoms with Crippen LogP contribution in [0.4, 0.5) is 15.8 Å². The van der Waals surface area contributed by atoms with Gasteiger partial charge in [-0.1, -0.05) is 0 Å². The van der Waals surface area contributed by atoms with Crippen molar-refractivity contribution in [1.29, 1.82) is 0 Å². The Bertz CT molecular complexity index is 767. The molecule has 4 rings (SSSR count). The quantitative estimate of drug-likeness (QED) is 0.709. The van der Waals surface area contributed by atoms with Crippen LogP contribution in [0.15, 0.2) is 42.5 Å². The Labute approximate surface area is 166 Å². The molecule has 0 saturated carbocycles. The van der Waals surface area contributed by atoms with Crippen LogP contribution < -0.4 is 19.3 Å². The maximum absolute atomic E-state index is 14.3. The molecule has 0 aliphatic carbocycles. The van der Waals surface area contributed by atoms with Crippen LogP contribution in [0.2, 0.25) is 0 Å². The molecule has 2 heterocycles. The smallest absolute Gasteiger partial charge is 0.146 e. The molecule has 0 aromatic heterocycles. The maximum atomic E-state index is 14.3. The summed E-state index contributed by atoms with van der Waals surface area (Å²) in [5, 5.41) is 0. The molecule has 0 atom stereocenters. The van der Waals surface area contributed by atoms with E-state index in [4.69, 9.17) is 9.47 Å². The normalized spacial score (nSPS) is 17.8. The summed E-state index contributed by atoms with van der Waals surface area (Å²) in [6, 6.07) is 13.4. The van der Waals surface area contributed by atoms with Crippen molar-refractivity contribution in [3.63, 3.8) is 0 Å². The SMILES string of the molecule is CCOc1ccc(F)c(N2CCC(Oc3ccc(N4CCCC4)cc3)CC2)c1. The second kappa shape index (κ2) is 8.72. The van der Waals surface area contributed by atoms with Crippen molar-refractivity contribution in [2.24, 2.45) is 0 Å². The highest BCUT2D eigenvalue weighted by Crippen LogP contribution is 2.29. The Morgan fingerprint density at radius 3 is 2.25 bits per heavy atom. The fourth-order valence-corrected chi connectivity index (χ4v) is 4.11. The number of ether oxygens (including phenoxy) is 2. The number of rotatable bonds is 6. The summed E-state index contributed by atoms with van der Waals surface area (Å²) in [5.74, 6) is 1.45. The monoisotopic (exact) mass is 384 g/mol. The van der Waals surface area contributed by atoms with E-state index in [-0.39, 0.29) is 11.9 Å². The van der Waals surface area contributed by atoms with Gasteiger partial charge in [0.05, 0.1) is 12.3 Å². The lowest BCUT2D eigenvalue weighted by Gasteiger charge is -2.34. The van der Waals surface area contributed by atoms with Gasteiger partial charge < -0.3 is 19.3 Å². The zero-order chi connectivity index (χ0) is 19.3. The summed E-state index contributed by atoms with van der Waals surface area (Å²) in [6.45, 7) is 6.38. The molecule has 2 aliphatic heterocycles. The lowest BCUT2D eigenvalue weighted by Crippen LogP contribution is -2.38. The summed E-state index contributed by atoms with van der Waals surface area (Å²) in [6.07, 6.45) is 4.50. The number of piperidine rings is 1. The van der Waals surface area contributed by atoms with Gasteiger partial charge in [0.25, 0.3) is 0 Å². The summed E-state index contributed by atoms with van der Waals surface area (Å²) in [7, 11) is 0. The molecule has 0 radical (unpaired) electrons. The van der Waals surface area contributed by atoms with Gasteiger partial charge in [0.15, 0.2) is 0 Å². The number of nitrogens with zero attached hydrogens (tertiary/aromatic N) is 2. The predicted molar refractivity (Wildman–Crippen MR) is 111 cm³/mol. The highest BCUT2D eigenvalue weighted by Gasteiger charge is 2.23. The molecule has 0 N–H and O–H groups in total. The topological polar surface area (TPSA) is 24.9 Å². The Morgan fingerprint density at radius 1 is 0.893 bits per heavy atom. The zero-order valence-electron chi connectivity index (χ0n) is 16.6. The molecule has 150 valence electrons. The minimum atomic E-state index is -0.194. The molecule has 0 spiro atoms. The third kappa shape index (κ3) is 4.34. The van der Waals surface area contributed by atoms with Crippen molar-refractivity contribution in [1.82, 2.24) is 0 Å². The van der Waals surface area contributed by atoms with Crippen LogP contribution in [-0.4, -0.2) is 38.9 Å². The van der Waals surface area contributed by atoms with Gasteiger partial charge in [-0.2, -0.15) is 0 Å². The molecule has 0 bridgehead atoms. The summed E-state index contributed by atoms with van der Waals surface area (Å²) in [4.78, 5) is 4.52. The minimum absolute atomic E-state index is 0.173. The van der Waals surface area contributed by atoms with E-state index in [1.807, 2.05) is 6.92 Å². The van der Waals surface area contributed by atoms with Crippen LogP contribution in [0, 0.1) is 5.82 Å². The first-order valence-electron chi connectivity index (χ1n) is 10.4. The summed E-state index contributed by atoms with van der Waals surface area (Å²) < 4.78 is 26.0. The van der Waals surface area contributed by atoms with E-state index in [0.717, 1.165) is 50.5 Å². The van der Waals surface area contributed by atoms with Crippen LogP contribution in [-0.2, 0) is 0 Å². The maximum Gasteiger partial charge on any atom is 0.146 e. The average molecular weight is 384 g/mol. The van der Waals surface area contributed by atoms with Crippen molar-refractivity contribution >= 4 is 11.4 Å². The van der Waals surface area contributed by atoms with Crippen LogP contribution >= 0.6 is 0 Å². The summed E-state index contributed by atoms with van der Waals surface area (Å²) >= 11 is 0. The van der Waals surface area contributed by atoms with Gasteiger partial charge in [-0.25, -0.2) is 4.39 Å². The molecule has 2 aromatic carbocycles. The van der Waals surface area contributed by atoms with E-state index in [9.17, 15) is 4.39 Å². The van der Waals surface area contributed by atoms with Gasteiger partial charge >= 0.3 is 0 Å². The van der Waals surface area contributed by atoms with Gasteiger partial charge in [0.2, 0.25) is 0 Å². The Balaban J connectivity index is 1.32. The van der Waals surface area contributed by atoms with Crippen molar-refractivity contribution in [2.45, 2.75) is 38.7 Å². The van der Waals surface area contributed by atoms with Crippen molar-refractivity contribution in [3.05, 3.63) is 48.3 Å². The van der Waals surface area contributed by atoms with Crippen molar-refractivity contribution < 1.29 is 13.9 Å². The van der Waals surface area contributed by atoms with Crippen LogP contribution in [0.5, 0.6) is 11.5 Å². The molecule has 5 heteroatoms. The minimum Gasteiger partial charge on any atom is -0.494 e. The molecule has 28 heavy (non-hydrogen) atoms. The van der Waals surface area contributed by atoms with Crippen LogP contribution in [0.1, 0.15) is 32.6 Å². The molecule has 2 aliphatic rings. The third-order valence-corrected chi connectivity index (χ3v) is 5.62. The van der Waals surface area contributed by atoms with Crippen molar-refractivity contribution in [3.8, 4) is 11.5 Å². The van der Waals surface area contributed by atoms with Gasteiger partial charge in [-0.3, -0.25) is 0 Å². The molecule has 2 aromatic rings. The van der Waals surface area contributed by atoms with Gasteiger partial charge in [-0.05, 0) is 56.2 Å². The number of benzene rings is 2. The van der Waals surface area contributed by atoms with E-state index in [2.05, 4.69) is 34.1 Å². The standard InChI is InChI=1S/C23H29FN2O2/c1-2-27-21-9-10-22(24)23(17-21)26-15-11-20(12-16-26)28-19-7-5-18(6-8-19)25-13-3-4-14-25/h5-10,17,20H,2-4,11-16H2,1H3. The first-order chi connectivity index (χ1) is 13.7. The predicted octanol–water partition coefficient (Wildman–Crippen LogP) is 4.87. The van der Waals surface area contributed by atoms with Crippen LogP contribution in [0.25, 0.3) is 0 Å². The fraction of sp³-hybridized carbons (Fsp3) is 0.478. The second-order valence-electron chi connectivity index (χ2n) is 7.54. The van der Waals surface area contributed by atoms with E-state index in [1.54, 1.807) is 12.1 Å². The van der Waals surface area contributed by atoms with Gasteiger partial charge in [0.1, 0.15) is 23.4 Å². The number of halogens is 1. The fourth-order valence-electron chi connectivity index (χ4n) is 4.11. The average Bonchev–Trinajstić information content (AvgIpc) is 3.26. The molecular formula is C23H29FN2O2. The van der Waals surface area contributed by atoms with E-state index in [0.29, 0.717) is 12.3 Å². The molecule has 0 amide bonds. The highest BCUT2D eigenvalue weighted by atomic mass is 19.1.